The molecule has 9 heteroatoms. The minimum Gasteiger partial charge on any atom is -0.455 e. The van der Waals surface area contributed by atoms with E-state index >= 15 is 0 Å². The molecule has 25 heavy (non-hydrogen) atoms. The molecule has 2 heterocycles. The van der Waals surface area contributed by atoms with Gasteiger partial charge in [-0.25, -0.2) is 23.7 Å². The third-order valence-corrected chi connectivity index (χ3v) is 3.78. The Bertz CT molecular complexity index is 925. The molecule has 0 aliphatic heterocycles. The summed E-state index contributed by atoms with van der Waals surface area (Å²) in [4.78, 5) is 24.2. The molecule has 0 bridgehead atoms. The quantitative estimate of drug-likeness (QED) is 0.703. The Morgan fingerprint density at radius 3 is 2.52 bits per heavy atom. The van der Waals surface area contributed by atoms with Crippen LogP contribution in [0.15, 0.2) is 59.0 Å². The summed E-state index contributed by atoms with van der Waals surface area (Å²) in [5, 5.41) is 0.468. The van der Waals surface area contributed by atoms with E-state index in [1.807, 2.05) is 0 Å². The lowest BCUT2D eigenvalue weighted by Gasteiger charge is -2.10. The van der Waals surface area contributed by atoms with Crippen LogP contribution in [0.1, 0.15) is 10.5 Å². The van der Waals surface area contributed by atoms with Crippen molar-refractivity contribution in [3.05, 3.63) is 66.3 Å². The standard InChI is InChI=1S/C16H10F2N4O2S/c17-11-3-2-9(6-12(11)18)24-13-7-10(8-22-14(13)15(19)23)25-16-20-4-1-5-21-16/h1-8H,(H2,19,23). The van der Waals surface area contributed by atoms with E-state index in [-0.39, 0.29) is 17.2 Å². The summed E-state index contributed by atoms with van der Waals surface area (Å²) in [6.45, 7) is 0. The van der Waals surface area contributed by atoms with E-state index in [0.29, 0.717) is 10.1 Å². The van der Waals surface area contributed by atoms with Crippen LogP contribution in [0.3, 0.4) is 0 Å². The van der Waals surface area contributed by atoms with Gasteiger partial charge in [0.15, 0.2) is 28.2 Å². The van der Waals surface area contributed by atoms with Gasteiger partial charge in [-0.15, -0.1) is 0 Å². The predicted octanol–water partition coefficient (Wildman–Crippen LogP) is 3.19. The van der Waals surface area contributed by atoms with E-state index in [1.165, 1.54) is 30.1 Å². The summed E-state index contributed by atoms with van der Waals surface area (Å²) < 4.78 is 31.8. The molecule has 0 saturated carbocycles. The Morgan fingerprint density at radius 1 is 1.08 bits per heavy atom. The topological polar surface area (TPSA) is 91.0 Å². The molecule has 2 aromatic heterocycles. The SMILES string of the molecule is NC(=O)c1ncc(Sc2ncccn2)cc1Oc1ccc(F)c(F)c1. The van der Waals surface area contributed by atoms with Crippen molar-refractivity contribution in [1.82, 2.24) is 15.0 Å². The van der Waals surface area contributed by atoms with Crippen LogP contribution in [0.4, 0.5) is 8.78 Å². The maximum Gasteiger partial charge on any atom is 0.271 e. The van der Waals surface area contributed by atoms with Gasteiger partial charge in [-0.05, 0) is 36.0 Å². The summed E-state index contributed by atoms with van der Waals surface area (Å²) in [5.41, 5.74) is 5.14. The molecule has 0 saturated heterocycles. The number of benzene rings is 1. The Labute approximate surface area is 145 Å². The highest BCUT2D eigenvalue weighted by atomic mass is 32.2. The van der Waals surface area contributed by atoms with Gasteiger partial charge in [0, 0.05) is 29.6 Å². The number of halogens is 2. The zero-order chi connectivity index (χ0) is 17.8. The number of carbonyl (C=O) groups excluding carboxylic acids is 1. The average molecular weight is 360 g/mol. The van der Waals surface area contributed by atoms with Crippen molar-refractivity contribution in [2.45, 2.75) is 10.1 Å². The average Bonchev–Trinajstić information content (AvgIpc) is 2.59. The number of carbonyl (C=O) groups is 1. The van der Waals surface area contributed by atoms with Crippen LogP contribution >= 0.6 is 11.8 Å². The summed E-state index contributed by atoms with van der Waals surface area (Å²) in [5.74, 6) is -2.88. The van der Waals surface area contributed by atoms with E-state index in [4.69, 9.17) is 10.5 Å². The first-order valence-corrected chi connectivity index (χ1v) is 7.72. The molecular formula is C16H10F2N4O2S. The molecule has 0 spiro atoms. The van der Waals surface area contributed by atoms with Crippen molar-refractivity contribution in [3.8, 4) is 11.5 Å². The lowest BCUT2D eigenvalue weighted by molar-refractivity contribution is 0.0993. The molecule has 0 aliphatic carbocycles. The first kappa shape index (κ1) is 16.8. The number of pyridine rings is 1. The lowest BCUT2D eigenvalue weighted by atomic mass is 10.3. The second-order valence-corrected chi connectivity index (χ2v) is 5.73. The fourth-order valence-corrected chi connectivity index (χ4v) is 2.57. The van der Waals surface area contributed by atoms with Crippen LogP contribution in [-0.2, 0) is 0 Å². The first-order valence-electron chi connectivity index (χ1n) is 6.90. The molecule has 3 aromatic rings. The van der Waals surface area contributed by atoms with E-state index in [0.717, 1.165) is 12.1 Å². The van der Waals surface area contributed by atoms with Crippen molar-refractivity contribution in [2.75, 3.05) is 0 Å². The number of nitrogens with zero attached hydrogens (tertiary/aromatic N) is 3. The highest BCUT2D eigenvalue weighted by molar-refractivity contribution is 7.99. The van der Waals surface area contributed by atoms with Crippen molar-refractivity contribution in [3.63, 3.8) is 0 Å². The Hall–Kier alpha value is -3.07. The second-order valence-electron chi connectivity index (χ2n) is 4.69. The highest BCUT2D eigenvalue weighted by Gasteiger charge is 2.15. The molecule has 0 aliphatic rings. The zero-order valence-corrected chi connectivity index (χ0v) is 13.3. The monoisotopic (exact) mass is 360 g/mol. The van der Waals surface area contributed by atoms with Gasteiger partial charge in [0.05, 0.1) is 0 Å². The number of nitrogens with two attached hydrogens (primary N) is 1. The maximum absolute atomic E-state index is 13.3. The predicted molar refractivity (Wildman–Crippen MR) is 85.3 cm³/mol. The van der Waals surface area contributed by atoms with Crippen molar-refractivity contribution in [2.24, 2.45) is 5.73 Å². The number of rotatable bonds is 5. The van der Waals surface area contributed by atoms with Crippen LogP contribution in [-0.4, -0.2) is 20.9 Å². The van der Waals surface area contributed by atoms with Gasteiger partial charge in [-0.3, -0.25) is 4.79 Å². The van der Waals surface area contributed by atoms with Crippen LogP contribution in [0, 0.1) is 11.6 Å². The Morgan fingerprint density at radius 2 is 1.84 bits per heavy atom. The number of primary amides is 1. The van der Waals surface area contributed by atoms with Gasteiger partial charge in [0.1, 0.15) is 5.75 Å². The smallest absolute Gasteiger partial charge is 0.271 e. The summed E-state index contributed by atoms with van der Waals surface area (Å²) in [6.07, 6.45) is 4.58. The third kappa shape index (κ3) is 4.07. The maximum atomic E-state index is 13.3. The summed E-state index contributed by atoms with van der Waals surface area (Å²) in [6, 6.07) is 6.17. The minimum atomic E-state index is -1.07. The van der Waals surface area contributed by atoms with Crippen molar-refractivity contribution >= 4 is 17.7 Å². The number of ether oxygens (including phenoxy) is 1. The minimum absolute atomic E-state index is 0.00121. The molecule has 1 aromatic carbocycles. The van der Waals surface area contributed by atoms with Crippen LogP contribution in [0.5, 0.6) is 11.5 Å². The fourth-order valence-electron chi connectivity index (χ4n) is 1.86. The zero-order valence-electron chi connectivity index (χ0n) is 12.5. The van der Waals surface area contributed by atoms with Gasteiger partial charge >= 0.3 is 0 Å². The number of aromatic nitrogens is 3. The number of amides is 1. The molecule has 0 fully saturated rings. The largest absolute Gasteiger partial charge is 0.455 e. The third-order valence-electron chi connectivity index (χ3n) is 2.93. The van der Waals surface area contributed by atoms with Crippen LogP contribution in [0.25, 0.3) is 0 Å². The van der Waals surface area contributed by atoms with Gasteiger partial charge < -0.3 is 10.5 Å². The molecule has 6 nitrogen and oxygen atoms in total. The van der Waals surface area contributed by atoms with E-state index in [9.17, 15) is 13.6 Å². The molecule has 1 amide bonds. The molecule has 3 rings (SSSR count). The van der Waals surface area contributed by atoms with E-state index < -0.39 is 17.5 Å². The van der Waals surface area contributed by atoms with Gasteiger partial charge in [0.2, 0.25) is 0 Å². The molecule has 0 atom stereocenters. The lowest BCUT2D eigenvalue weighted by Crippen LogP contribution is -2.14. The molecule has 2 N–H and O–H groups in total. The van der Waals surface area contributed by atoms with Crippen LogP contribution in [0.2, 0.25) is 0 Å². The van der Waals surface area contributed by atoms with Gasteiger partial charge in [-0.1, -0.05) is 0 Å². The van der Waals surface area contributed by atoms with Gasteiger partial charge in [0.25, 0.3) is 5.91 Å². The Kier molecular flexibility index (Phi) is 4.85. The van der Waals surface area contributed by atoms with Gasteiger partial charge in [-0.2, -0.15) is 0 Å². The van der Waals surface area contributed by atoms with E-state index in [1.54, 1.807) is 18.5 Å². The van der Waals surface area contributed by atoms with E-state index in [2.05, 4.69) is 15.0 Å². The molecule has 126 valence electrons. The summed E-state index contributed by atoms with van der Waals surface area (Å²) in [7, 11) is 0. The molecule has 0 unspecified atom stereocenters. The number of hydrogen-bond donors (Lipinski definition) is 1. The summed E-state index contributed by atoms with van der Waals surface area (Å²) >= 11 is 1.19. The second kappa shape index (κ2) is 7.22. The van der Waals surface area contributed by atoms with Crippen molar-refractivity contribution < 1.29 is 18.3 Å². The Balaban J connectivity index is 1.93. The van der Waals surface area contributed by atoms with Crippen molar-refractivity contribution in [1.29, 1.82) is 0 Å². The fraction of sp³-hybridized carbons (Fsp3) is 0. The molecule has 0 radical (unpaired) electrons. The van der Waals surface area contributed by atoms with Crippen LogP contribution < -0.4 is 10.5 Å². The first-order chi connectivity index (χ1) is 12.0. The normalized spacial score (nSPS) is 10.5. The number of hydrogen-bond acceptors (Lipinski definition) is 6. The molecular weight excluding hydrogens is 350 g/mol. The highest BCUT2D eigenvalue weighted by Crippen LogP contribution is 2.31.